The fourth-order valence-corrected chi connectivity index (χ4v) is 6.42. The summed E-state index contributed by atoms with van der Waals surface area (Å²) in [6, 6.07) is 1.76. The Morgan fingerprint density at radius 3 is 2.15 bits per heavy atom. The molecule has 0 aromatic heterocycles. The average Bonchev–Trinajstić information content (AvgIpc) is 2.67. The minimum absolute atomic E-state index is 0.856. The smallest absolute Gasteiger partial charge is 0.0127 e. The van der Waals surface area contributed by atoms with E-state index in [1.54, 1.807) is 32.1 Å². The van der Waals surface area contributed by atoms with Gasteiger partial charge in [0.1, 0.15) is 0 Å². The van der Waals surface area contributed by atoms with E-state index in [2.05, 4.69) is 12.2 Å². The maximum Gasteiger partial charge on any atom is 0.0127 e. The van der Waals surface area contributed by atoms with Gasteiger partial charge in [-0.25, -0.2) is 0 Å². The van der Waals surface area contributed by atoms with E-state index in [0.29, 0.717) is 0 Å². The van der Waals surface area contributed by atoms with Crippen LogP contribution >= 0.6 is 0 Å². The van der Waals surface area contributed by atoms with Gasteiger partial charge in [-0.1, -0.05) is 26.2 Å². The van der Waals surface area contributed by atoms with Crippen molar-refractivity contribution in [1.29, 1.82) is 0 Å². The highest BCUT2D eigenvalue weighted by Crippen LogP contribution is 2.53. The summed E-state index contributed by atoms with van der Waals surface area (Å²) in [5, 5.41) is 4.19. The van der Waals surface area contributed by atoms with Crippen molar-refractivity contribution in [2.75, 3.05) is 0 Å². The Bertz CT molecular complexity index is 309. The topological polar surface area (TPSA) is 12.0 Å². The van der Waals surface area contributed by atoms with E-state index in [9.17, 15) is 0 Å². The molecule has 2 unspecified atom stereocenters. The van der Waals surface area contributed by atoms with Gasteiger partial charge in [-0.05, 0) is 81.0 Å². The van der Waals surface area contributed by atoms with Crippen molar-refractivity contribution in [3.05, 3.63) is 0 Å². The summed E-state index contributed by atoms with van der Waals surface area (Å²) in [5.74, 6) is 5.37. The first kappa shape index (κ1) is 13.6. The van der Waals surface area contributed by atoms with Gasteiger partial charge in [0.25, 0.3) is 0 Å². The first-order valence-corrected chi connectivity index (χ1v) is 9.57. The number of nitrogens with one attached hydrogen (secondary N) is 1. The molecule has 4 bridgehead atoms. The van der Waals surface area contributed by atoms with Crippen LogP contribution in [0.2, 0.25) is 0 Å². The zero-order valence-electron chi connectivity index (χ0n) is 13.3. The second-order valence-electron chi connectivity index (χ2n) is 8.60. The first-order chi connectivity index (χ1) is 9.81. The Morgan fingerprint density at radius 2 is 1.50 bits per heavy atom. The molecule has 5 fully saturated rings. The number of hydrogen-bond acceptors (Lipinski definition) is 1. The molecule has 0 saturated heterocycles. The third-order valence-electron chi connectivity index (χ3n) is 7.32. The lowest BCUT2D eigenvalue weighted by molar-refractivity contribution is -0.0183. The highest BCUT2D eigenvalue weighted by atomic mass is 15.0. The Hall–Kier alpha value is -0.0400. The Labute approximate surface area is 125 Å². The van der Waals surface area contributed by atoms with Gasteiger partial charge >= 0.3 is 0 Å². The summed E-state index contributed by atoms with van der Waals surface area (Å²) in [6.45, 7) is 2.39. The Balaban J connectivity index is 1.37. The second kappa shape index (κ2) is 5.63. The van der Waals surface area contributed by atoms with Gasteiger partial charge in [0.15, 0.2) is 0 Å². The van der Waals surface area contributed by atoms with Crippen LogP contribution in [-0.4, -0.2) is 12.1 Å². The van der Waals surface area contributed by atoms with Crippen LogP contribution in [0.1, 0.15) is 77.6 Å². The lowest BCUT2D eigenvalue weighted by atomic mass is 9.54. The highest BCUT2D eigenvalue weighted by molar-refractivity contribution is 5.02. The summed E-state index contributed by atoms with van der Waals surface area (Å²) >= 11 is 0. The zero-order chi connectivity index (χ0) is 13.5. The molecule has 0 radical (unpaired) electrons. The van der Waals surface area contributed by atoms with Crippen molar-refractivity contribution in [2.45, 2.75) is 89.6 Å². The molecule has 5 rings (SSSR count). The highest BCUT2D eigenvalue weighted by Gasteiger charge is 2.48. The van der Waals surface area contributed by atoms with E-state index >= 15 is 0 Å². The van der Waals surface area contributed by atoms with E-state index in [-0.39, 0.29) is 0 Å². The van der Waals surface area contributed by atoms with Crippen LogP contribution in [0.15, 0.2) is 0 Å². The number of hydrogen-bond donors (Lipinski definition) is 1. The standard InChI is InChI=1S/C19H33N/c1-2-13-4-3-5-18(7-6-13)20-19-16-9-14-8-15(11-16)12-17(19)10-14/h13-20H,2-12H2,1H3. The summed E-state index contributed by atoms with van der Waals surface area (Å²) in [6.07, 6.45) is 16.6. The molecule has 1 heteroatoms. The molecule has 0 aromatic rings. The van der Waals surface area contributed by atoms with Gasteiger partial charge in [0.05, 0.1) is 0 Å². The lowest BCUT2D eigenvalue weighted by Crippen LogP contribution is -2.56. The molecule has 0 aromatic carbocycles. The summed E-state index contributed by atoms with van der Waals surface area (Å²) in [7, 11) is 0. The molecule has 1 N–H and O–H groups in total. The fourth-order valence-electron chi connectivity index (χ4n) is 6.42. The van der Waals surface area contributed by atoms with Crippen molar-refractivity contribution in [3.63, 3.8) is 0 Å². The molecule has 0 heterocycles. The lowest BCUT2D eigenvalue weighted by Gasteiger charge is -2.55. The predicted molar refractivity (Wildman–Crippen MR) is 84.6 cm³/mol. The third-order valence-corrected chi connectivity index (χ3v) is 7.32. The minimum atomic E-state index is 0.856. The molecule has 114 valence electrons. The number of rotatable bonds is 3. The first-order valence-electron chi connectivity index (χ1n) is 9.57. The van der Waals surface area contributed by atoms with Crippen LogP contribution < -0.4 is 5.32 Å². The Kier molecular flexibility index (Phi) is 3.83. The van der Waals surface area contributed by atoms with Crippen molar-refractivity contribution in [2.24, 2.45) is 29.6 Å². The summed E-state index contributed by atoms with van der Waals surface area (Å²) in [5.41, 5.74) is 0. The molecule has 5 aliphatic carbocycles. The zero-order valence-corrected chi connectivity index (χ0v) is 13.3. The van der Waals surface area contributed by atoms with Gasteiger partial charge in [-0.3, -0.25) is 0 Å². The molecule has 20 heavy (non-hydrogen) atoms. The maximum atomic E-state index is 4.19. The molecule has 2 atom stereocenters. The molecule has 0 spiro atoms. The van der Waals surface area contributed by atoms with Crippen molar-refractivity contribution in [1.82, 2.24) is 5.32 Å². The van der Waals surface area contributed by atoms with Crippen LogP contribution in [0.4, 0.5) is 0 Å². The summed E-state index contributed by atoms with van der Waals surface area (Å²) in [4.78, 5) is 0. The third kappa shape index (κ3) is 2.56. The molecule has 0 aliphatic heterocycles. The van der Waals surface area contributed by atoms with E-state index < -0.39 is 0 Å². The van der Waals surface area contributed by atoms with Gasteiger partial charge in [0, 0.05) is 12.1 Å². The van der Waals surface area contributed by atoms with Crippen molar-refractivity contribution in [3.8, 4) is 0 Å². The normalized spacial score (nSPS) is 51.1. The van der Waals surface area contributed by atoms with E-state index in [4.69, 9.17) is 0 Å². The largest absolute Gasteiger partial charge is 0.311 e. The molecule has 0 amide bonds. The maximum absolute atomic E-state index is 4.19. The quantitative estimate of drug-likeness (QED) is 0.732. The van der Waals surface area contributed by atoms with Crippen LogP contribution in [0.5, 0.6) is 0 Å². The molecular formula is C19H33N. The molecule has 5 saturated carbocycles. The van der Waals surface area contributed by atoms with Crippen molar-refractivity contribution >= 4 is 0 Å². The minimum Gasteiger partial charge on any atom is -0.311 e. The second-order valence-corrected chi connectivity index (χ2v) is 8.60. The molecule has 1 nitrogen and oxygen atoms in total. The van der Waals surface area contributed by atoms with E-state index in [1.807, 2.05) is 0 Å². The van der Waals surface area contributed by atoms with Gasteiger partial charge < -0.3 is 5.32 Å². The molecule has 5 aliphatic rings. The fraction of sp³-hybridized carbons (Fsp3) is 1.00. The predicted octanol–water partition coefficient (Wildman–Crippen LogP) is 4.76. The van der Waals surface area contributed by atoms with E-state index in [1.165, 1.54) is 38.5 Å². The average molecular weight is 275 g/mol. The van der Waals surface area contributed by atoms with Crippen LogP contribution in [-0.2, 0) is 0 Å². The van der Waals surface area contributed by atoms with Crippen LogP contribution in [0.25, 0.3) is 0 Å². The monoisotopic (exact) mass is 275 g/mol. The Morgan fingerprint density at radius 1 is 0.800 bits per heavy atom. The molecular weight excluding hydrogens is 242 g/mol. The van der Waals surface area contributed by atoms with Crippen molar-refractivity contribution < 1.29 is 0 Å². The van der Waals surface area contributed by atoms with Gasteiger partial charge in [-0.2, -0.15) is 0 Å². The summed E-state index contributed by atoms with van der Waals surface area (Å²) < 4.78 is 0. The van der Waals surface area contributed by atoms with E-state index in [0.717, 1.165) is 41.7 Å². The van der Waals surface area contributed by atoms with Crippen LogP contribution in [0.3, 0.4) is 0 Å². The SMILES string of the molecule is CCC1CCCC(NC2C3CC4CC(C3)CC2C4)CC1. The van der Waals surface area contributed by atoms with Crippen LogP contribution in [0, 0.1) is 29.6 Å². The van der Waals surface area contributed by atoms with Gasteiger partial charge in [-0.15, -0.1) is 0 Å². The van der Waals surface area contributed by atoms with Gasteiger partial charge in [0.2, 0.25) is 0 Å².